The van der Waals surface area contributed by atoms with Gasteiger partial charge in [0.1, 0.15) is 5.58 Å². The van der Waals surface area contributed by atoms with Crippen molar-refractivity contribution in [2.75, 3.05) is 0 Å². The summed E-state index contributed by atoms with van der Waals surface area (Å²) in [5, 5.41) is 29.3. The molecular weight excluding hydrogens is 540 g/mol. The van der Waals surface area contributed by atoms with Crippen LogP contribution in [0.25, 0.3) is 11.0 Å². The Bertz CT molecular complexity index is 1300. The average molecular weight is 583 g/mol. The van der Waals surface area contributed by atoms with Crippen molar-refractivity contribution in [3.63, 3.8) is 0 Å². The summed E-state index contributed by atoms with van der Waals surface area (Å²) < 4.78 is 5.66. The Morgan fingerprint density at radius 1 is 0.976 bits per heavy atom. The molecule has 3 N–H and O–H groups in total. The van der Waals surface area contributed by atoms with Gasteiger partial charge < -0.3 is 19.7 Å². The van der Waals surface area contributed by atoms with Gasteiger partial charge in [0, 0.05) is 22.9 Å². The monoisotopic (exact) mass is 582 g/mol. The van der Waals surface area contributed by atoms with Gasteiger partial charge in [-0.25, -0.2) is 4.79 Å². The number of aliphatic hydroxyl groups excluding tert-OH is 1. The first-order valence-corrected chi connectivity index (χ1v) is 15.2. The van der Waals surface area contributed by atoms with Crippen molar-refractivity contribution in [1.29, 1.82) is 0 Å². The summed E-state index contributed by atoms with van der Waals surface area (Å²) in [6.45, 7) is 4.17. The van der Waals surface area contributed by atoms with Crippen LogP contribution in [0.5, 0.6) is 0 Å². The predicted octanol–water partition coefficient (Wildman–Crippen LogP) is 7.72. The molecular formula is C33H42O7S. The molecule has 0 bridgehead atoms. The molecule has 0 aliphatic rings. The van der Waals surface area contributed by atoms with Gasteiger partial charge in [0.05, 0.1) is 16.7 Å². The van der Waals surface area contributed by atoms with Crippen LogP contribution < -0.4 is 5.43 Å². The van der Waals surface area contributed by atoms with E-state index < -0.39 is 34.5 Å². The van der Waals surface area contributed by atoms with Gasteiger partial charge in [0.25, 0.3) is 0 Å². The van der Waals surface area contributed by atoms with Gasteiger partial charge in [-0.1, -0.05) is 81.7 Å². The van der Waals surface area contributed by atoms with E-state index in [-0.39, 0.29) is 12.0 Å². The van der Waals surface area contributed by atoms with E-state index in [0.717, 1.165) is 30.2 Å². The van der Waals surface area contributed by atoms with Gasteiger partial charge in [0.2, 0.25) is 5.76 Å². The second-order valence-electron chi connectivity index (χ2n) is 9.79. The summed E-state index contributed by atoms with van der Waals surface area (Å²) in [5.41, 5.74) is 0.537. The molecule has 7 nitrogen and oxygen atoms in total. The smallest absolute Gasteiger partial charge is 0.371 e. The van der Waals surface area contributed by atoms with Crippen LogP contribution in [-0.4, -0.2) is 38.6 Å². The van der Waals surface area contributed by atoms with Crippen molar-refractivity contribution < 1.29 is 29.3 Å². The van der Waals surface area contributed by atoms with E-state index in [4.69, 9.17) is 9.52 Å². The molecule has 2 atom stereocenters. The number of rotatable bonds is 19. The summed E-state index contributed by atoms with van der Waals surface area (Å²) in [4.78, 5) is 35.8. The van der Waals surface area contributed by atoms with Crippen molar-refractivity contribution in [3.8, 4) is 0 Å². The maximum absolute atomic E-state index is 12.6. The third-order valence-corrected chi connectivity index (χ3v) is 7.76. The maximum Gasteiger partial charge on any atom is 0.371 e. The van der Waals surface area contributed by atoms with Crippen LogP contribution in [0, 0.1) is 0 Å². The van der Waals surface area contributed by atoms with Crippen molar-refractivity contribution in [2.24, 2.45) is 0 Å². The van der Waals surface area contributed by atoms with Gasteiger partial charge in [0.15, 0.2) is 5.43 Å². The van der Waals surface area contributed by atoms with Crippen LogP contribution >= 0.6 is 11.8 Å². The predicted molar refractivity (Wildman–Crippen MR) is 166 cm³/mol. The zero-order valence-electron chi connectivity index (χ0n) is 24.0. The van der Waals surface area contributed by atoms with Crippen molar-refractivity contribution in [1.82, 2.24) is 0 Å². The largest absolute Gasteiger partial charge is 0.481 e. The zero-order valence-corrected chi connectivity index (χ0v) is 24.8. The number of thioether (sulfide) groups is 1. The molecule has 0 saturated carbocycles. The average Bonchev–Trinajstić information content (AvgIpc) is 2.93. The molecule has 41 heavy (non-hydrogen) atoms. The summed E-state index contributed by atoms with van der Waals surface area (Å²) in [6.07, 6.45) is 22.7. The Labute approximate surface area is 246 Å². The number of aliphatic hydroxyl groups is 1. The van der Waals surface area contributed by atoms with Gasteiger partial charge in [-0.05, 0) is 50.7 Å². The number of carboxylic acids is 2. The second kappa shape index (κ2) is 18.9. The lowest BCUT2D eigenvalue weighted by atomic mass is 10.1. The van der Waals surface area contributed by atoms with E-state index >= 15 is 0 Å². The van der Waals surface area contributed by atoms with Crippen LogP contribution in [0.2, 0.25) is 0 Å². The van der Waals surface area contributed by atoms with Crippen molar-refractivity contribution in [3.05, 3.63) is 88.4 Å². The normalized spacial score (nSPS) is 13.7. The Morgan fingerprint density at radius 2 is 1.76 bits per heavy atom. The standard InChI is InChI=1S/C33H42O7S/c1-3-5-6-7-8-9-10-11-12-13-14-15-19-30(26(34)18-16-20-31(36)37)41-29-22-21-24-27(35)23-28(33(38)39)40-32(24)25(29)17-4-2/h8-9,11-15,19,21-23,26,30,34H,3-7,10,16-18,20H2,1-2H3,(H,36,37)(H,38,39)/b9-8-,12-11-,14-13+,19-15+. The van der Waals surface area contributed by atoms with E-state index in [1.54, 1.807) is 12.1 Å². The van der Waals surface area contributed by atoms with E-state index in [1.807, 2.05) is 37.3 Å². The fraction of sp³-hybridized carbons (Fsp3) is 0.424. The lowest BCUT2D eigenvalue weighted by Gasteiger charge is -2.21. The number of unbranched alkanes of at least 4 members (excludes halogenated alkanes) is 3. The van der Waals surface area contributed by atoms with E-state index in [1.165, 1.54) is 31.0 Å². The van der Waals surface area contributed by atoms with Crippen molar-refractivity contribution in [2.45, 2.75) is 94.3 Å². The first kappa shape index (κ1) is 33.8. The molecule has 1 aromatic heterocycles. The lowest BCUT2D eigenvalue weighted by molar-refractivity contribution is -0.137. The second-order valence-corrected chi connectivity index (χ2v) is 11.0. The Morgan fingerprint density at radius 3 is 2.46 bits per heavy atom. The molecule has 1 heterocycles. The highest BCUT2D eigenvalue weighted by molar-refractivity contribution is 8.00. The van der Waals surface area contributed by atoms with Crippen LogP contribution in [0.15, 0.2) is 80.9 Å². The van der Waals surface area contributed by atoms with Crippen LogP contribution in [0.3, 0.4) is 0 Å². The highest BCUT2D eigenvalue weighted by Gasteiger charge is 2.22. The van der Waals surface area contributed by atoms with Gasteiger partial charge in [-0.15, -0.1) is 11.8 Å². The number of hydrogen-bond acceptors (Lipinski definition) is 6. The van der Waals surface area contributed by atoms with Gasteiger partial charge in [-0.3, -0.25) is 9.59 Å². The number of aliphatic carboxylic acids is 1. The minimum atomic E-state index is -1.32. The summed E-state index contributed by atoms with van der Waals surface area (Å²) in [7, 11) is 0. The number of hydrogen-bond donors (Lipinski definition) is 3. The van der Waals surface area contributed by atoms with Gasteiger partial charge >= 0.3 is 11.9 Å². The van der Waals surface area contributed by atoms with Crippen LogP contribution in [0.1, 0.15) is 87.8 Å². The fourth-order valence-corrected chi connectivity index (χ4v) is 5.48. The summed E-state index contributed by atoms with van der Waals surface area (Å²) >= 11 is 1.39. The first-order chi connectivity index (χ1) is 19.8. The minimum Gasteiger partial charge on any atom is -0.481 e. The number of carbonyl (C=O) groups is 2. The molecule has 0 aliphatic carbocycles. The quantitative estimate of drug-likeness (QED) is 0.0665. The van der Waals surface area contributed by atoms with Crippen molar-refractivity contribution >= 4 is 34.7 Å². The molecule has 0 amide bonds. The lowest BCUT2D eigenvalue weighted by Crippen LogP contribution is -2.21. The van der Waals surface area contributed by atoms with Crippen LogP contribution in [-0.2, 0) is 11.2 Å². The molecule has 2 unspecified atom stereocenters. The van der Waals surface area contributed by atoms with E-state index in [2.05, 4.69) is 25.2 Å². The van der Waals surface area contributed by atoms with E-state index in [9.17, 15) is 24.6 Å². The molecule has 0 aliphatic heterocycles. The molecule has 1 aromatic carbocycles. The molecule has 2 rings (SSSR count). The topological polar surface area (TPSA) is 125 Å². The van der Waals surface area contributed by atoms with E-state index in [0.29, 0.717) is 30.2 Å². The number of aryl methyl sites for hydroxylation is 1. The third kappa shape index (κ3) is 12.0. The Hall–Kier alpha value is -3.36. The highest BCUT2D eigenvalue weighted by atomic mass is 32.2. The minimum absolute atomic E-state index is 0.0317. The maximum atomic E-state index is 12.6. The molecule has 0 fully saturated rings. The summed E-state index contributed by atoms with van der Waals surface area (Å²) in [6, 6.07) is 4.40. The summed E-state index contributed by atoms with van der Waals surface area (Å²) in [5.74, 6) is -2.65. The number of fused-ring (bicyclic) bond motifs is 1. The fourth-order valence-electron chi connectivity index (χ4n) is 4.24. The molecule has 8 heteroatoms. The Balaban J connectivity index is 2.25. The number of aromatic carboxylic acids is 1. The number of carboxylic acid groups (broad SMARTS) is 2. The zero-order chi connectivity index (χ0) is 30.0. The highest BCUT2D eigenvalue weighted by Crippen LogP contribution is 2.35. The first-order valence-electron chi connectivity index (χ1n) is 14.3. The third-order valence-electron chi connectivity index (χ3n) is 6.38. The number of benzene rings is 1. The molecule has 2 aromatic rings. The molecule has 0 radical (unpaired) electrons. The molecule has 0 spiro atoms. The van der Waals surface area contributed by atoms with Gasteiger partial charge in [-0.2, -0.15) is 0 Å². The Kier molecular flexibility index (Phi) is 15.6. The molecule has 0 saturated heterocycles. The van der Waals surface area contributed by atoms with Crippen LogP contribution in [0.4, 0.5) is 0 Å². The number of allylic oxidation sites excluding steroid dienone is 7. The SMILES string of the molecule is CCCCC/C=C\C\C=C/C=C/C=C/C(Sc1ccc2c(=O)cc(C(=O)O)oc2c1CCC)C(O)CCCC(=O)O. The molecule has 222 valence electrons.